The lowest BCUT2D eigenvalue weighted by Crippen LogP contribution is -2.21. The van der Waals surface area contributed by atoms with Gasteiger partial charge < -0.3 is 0 Å². The van der Waals surface area contributed by atoms with Crippen LogP contribution in [0.1, 0.15) is 16.8 Å². The molecule has 0 saturated heterocycles. The molecule has 0 amide bonds. The van der Waals surface area contributed by atoms with Gasteiger partial charge in [0.15, 0.2) is 14.8 Å². The van der Waals surface area contributed by atoms with E-state index in [0.717, 1.165) is 11.3 Å². The summed E-state index contributed by atoms with van der Waals surface area (Å²) < 4.78 is 5.88. The Morgan fingerprint density at radius 2 is 1.72 bits per heavy atom. The first-order valence-electron chi connectivity index (χ1n) is 11.9. The highest BCUT2D eigenvalue weighted by Crippen LogP contribution is 2.29. The number of thiazole rings is 1. The second-order valence-corrected chi connectivity index (χ2v) is 12.0. The number of pyridine rings is 1. The van der Waals surface area contributed by atoms with Crippen molar-refractivity contribution in [2.24, 2.45) is 0 Å². The van der Waals surface area contributed by atoms with Crippen molar-refractivity contribution in [1.82, 2.24) is 23.5 Å². The predicted molar refractivity (Wildman–Crippen MR) is 161 cm³/mol. The molecule has 4 heterocycles. The molecule has 0 N–H and O–H groups in total. The second kappa shape index (κ2) is 10.2. The average Bonchev–Trinajstić information content (AvgIpc) is 3.26. The van der Waals surface area contributed by atoms with Gasteiger partial charge in [-0.1, -0.05) is 59.0 Å². The molecule has 0 radical (unpaired) electrons. The van der Waals surface area contributed by atoms with Gasteiger partial charge in [-0.05, 0) is 73.6 Å². The Labute approximate surface area is 241 Å². The van der Waals surface area contributed by atoms with E-state index in [4.69, 9.17) is 28.8 Å². The number of thioether (sulfide) groups is 1. The minimum Gasteiger partial charge on any atom is -0.275 e. The van der Waals surface area contributed by atoms with E-state index >= 15 is 0 Å². The molecule has 0 aliphatic rings. The standard InChI is InChI=1S/C28H20ClN5O2S3/c1-16-8-10-21(12-17(16)2)33-25-24(39-28(33)37)26(36)34(20-6-4-3-5-7-20)27(31-25)38-15-19-13-23(35)32-14-18(29)9-11-22(32)30-19/h3-14H,15H2,1-2H3. The van der Waals surface area contributed by atoms with Crippen LogP contribution in [-0.2, 0) is 5.75 Å². The number of aromatic nitrogens is 5. The fourth-order valence-corrected chi connectivity index (χ4v) is 6.63. The van der Waals surface area contributed by atoms with Gasteiger partial charge in [-0.15, -0.1) is 0 Å². The van der Waals surface area contributed by atoms with E-state index in [-0.39, 0.29) is 11.1 Å². The lowest BCUT2D eigenvalue weighted by Gasteiger charge is -2.13. The largest absolute Gasteiger partial charge is 0.278 e. The van der Waals surface area contributed by atoms with Crippen molar-refractivity contribution in [3.63, 3.8) is 0 Å². The molecule has 0 aliphatic carbocycles. The predicted octanol–water partition coefficient (Wildman–Crippen LogP) is 6.54. The molecule has 0 bridgehead atoms. The van der Waals surface area contributed by atoms with Crippen LogP contribution in [0.5, 0.6) is 0 Å². The first-order chi connectivity index (χ1) is 18.8. The Hall–Kier alpha value is -3.57. The maximum atomic E-state index is 13.9. The quantitative estimate of drug-likeness (QED) is 0.129. The molecule has 0 atom stereocenters. The molecule has 0 aliphatic heterocycles. The smallest absolute Gasteiger partial charge is 0.275 e. The Balaban J connectivity index is 1.52. The highest BCUT2D eigenvalue weighted by atomic mass is 35.5. The molecule has 6 aromatic rings. The molecule has 0 spiro atoms. The van der Waals surface area contributed by atoms with E-state index in [2.05, 4.69) is 11.9 Å². The Bertz CT molecular complexity index is 2080. The summed E-state index contributed by atoms with van der Waals surface area (Å²) in [5, 5.41) is 0.925. The van der Waals surface area contributed by atoms with Crippen LogP contribution in [0.15, 0.2) is 87.7 Å². The van der Waals surface area contributed by atoms with Crippen molar-refractivity contribution >= 4 is 62.9 Å². The van der Waals surface area contributed by atoms with Gasteiger partial charge in [0, 0.05) is 23.7 Å². The van der Waals surface area contributed by atoms with Gasteiger partial charge >= 0.3 is 0 Å². The Morgan fingerprint density at radius 3 is 2.49 bits per heavy atom. The molecule has 2 aromatic carbocycles. The van der Waals surface area contributed by atoms with Gasteiger partial charge in [0.05, 0.1) is 16.4 Å². The van der Waals surface area contributed by atoms with Crippen molar-refractivity contribution in [2.75, 3.05) is 0 Å². The zero-order valence-electron chi connectivity index (χ0n) is 20.8. The minimum absolute atomic E-state index is 0.200. The van der Waals surface area contributed by atoms with Gasteiger partial charge in [-0.3, -0.25) is 23.1 Å². The van der Waals surface area contributed by atoms with E-state index < -0.39 is 0 Å². The maximum Gasteiger partial charge on any atom is 0.278 e. The van der Waals surface area contributed by atoms with Crippen LogP contribution < -0.4 is 11.1 Å². The summed E-state index contributed by atoms with van der Waals surface area (Å²) in [6.45, 7) is 4.10. The molecule has 11 heteroatoms. The normalized spacial score (nSPS) is 11.5. The van der Waals surface area contributed by atoms with Crippen molar-refractivity contribution in [3.05, 3.63) is 119 Å². The van der Waals surface area contributed by atoms with E-state index in [0.29, 0.717) is 47.3 Å². The fourth-order valence-electron chi connectivity index (χ4n) is 4.27. The molecule has 6 rings (SSSR count). The van der Waals surface area contributed by atoms with Crippen molar-refractivity contribution in [3.8, 4) is 11.4 Å². The van der Waals surface area contributed by atoms with Crippen molar-refractivity contribution < 1.29 is 0 Å². The van der Waals surface area contributed by atoms with E-state index in [1.54, 1.807) is 22.9 Å². The van der Waals surface area contributed by atoms with Gasteiger partial charge in [-0.2, -0.15) is 0 Å². The van der Waals surface area contributed by atoms with Crippen molar-refractivity contribution in [1.29, 1.82) is 0 Å². The number of benzene rings is 2. The highest BCUT2D eigenvalue weighted by Gasteiger charge is 2.19. The number of rotatable bonds is 5. The molecular formula is C28H20ClN5O2S3. The molecule has 7 nitrogen and oxygen atoms in total. The third kappa shape index (κ3) is 4.74. The van der Waals surface area contributed by atoms with Gasteiger partial charge in [-0.25, -0.2) is 9.97 Å². The highest BCUT2D eigenvalue weighted by molar-refractivity contribution is 7.98. The number of aryl methyl sites for hydroxylation is 2. The van der Waals surface area contributed by atoms with E-state index in [9.17, 15) is 9.59 Å². The van der Waals surface area contributed by atoms with Crippen LogP contribution in [-0.4, -0.2) is 23.5 Å². The maximum absolute atomic E-state index is 13.9. The number of hydrogen-bond acceptors (Lipinski definition) is 7. The zero-order chi connectivity index (χ0) is 27.3. The summed E-state index contributed by atoms with van der Waals surface area (Å²) in [4.78, 5) is 36.2. The lowest BCUT2D eigenvalue weighted by atomic mass is 10.1. The van der Waals surface area contributed by atoms with Crippen LogP contribution in [0.25, 0.3) is 27.4 Å². The summed E-state index contributed by atoms with van der Waals surface area (Å²) >= 11 is 14.3. The molecule has 4 aromatic heterocycles. The number of nitrogens with zero attached hydrogens (tertiary/aromatic N) is 5. The van der Waals surface area contributed by atoms with Gasteiger partial charge in [0.25, 0.3) is 11.1 Å². The van der Waals surface area contributed by atoms with Crippen LogP contribution in [0.2, 0.25) is 5.02 Å². The topological polar surface area (TPSA) is 74.2 Å². The average molecular weight is 590 g/mol. The second-order valence-electron chi connectivity index (χ2n) is 8.95. The molecule has 0 fully saturated rings. The van der Waals surface area contributed by atoms with Crippen LogP contribution >= 0.6 is 46.9 Å². The van der Waals surface area contributed by atoms with Crippen LogP contribution in [0, 0.1) is 17.8 Å². The Kier molecular flexibility index (Phi) is 6.72. The summed E-state index contributed by atoms with van der Waals surface area (Å²) in [6.07, 6.45) is 1.54. The minimum atomic E-state index is -0.233. The van der Waals surface area contributed by atoms with Gasteiger partial charge in [0.1, 0.15) is 10.3 Å². The molecule has 0 unspecified atom stereocenters. The summed E-state index contributed by atoms with van der Waals surface area (Å²) in [7, 11) is 0. The van der Waals surface area contributed by atoms with E-state index in [1.807, 2.05) is 60.0 Å². The third-order valence-electron chi connectivity index (χ3n) is 6.37. The number of halogens is 1. The first kappa shape index (κ1) is 25.7. The van der Waals surface area contributed by atoms with Crippen LogP contribution in [0.4, 0.5) is 0 Å². The fraction of sp³-hybridized carbons (Fsp3) is 0.107. The number of para-hydroxylation sites is 1. The van der Waals surface area contributed by atoms with E-state index in [1.165, 1.54) is 39.1 Å². The van der Waals surface area contributed by atoms with Crippen molar-refractivity contribution in [2.45, 2.75) is 24.8 Å². The number of hydrogen-bond donors (Lipinski definition) is 0. The Morgan fingerprint density at radius 1 is 0.923 bits per heavy atom. The summed E-state index contributed by atoms with van der Waals surface area (Å²) in [5.41, 5.74) is 4.98. The molecule has 0 saturated carbocycles. The molecule has 39 heavy (non-hydrogen) atoms. The lowest BCUT2D eigenvalue weighted by molar-refractivity contribution is 0.811. The monoisotopic (exact) mass is 589 g/mol. The molecule has 194 valence electrons. The summed E-state index contributed by atoms with van der Waals surface area (Å²) in [6, 6.07) is 20.3. The van der Waals surface area contributed by atoms with Crippen LogP contribution in [0.3, 0.4) is 0 Å². The molecular weight excluding hydrogens is 570 g/mol. The first-order valence-corrected chi connectivity index (χ1v) is 14.5. The third-order valence-corrected chi connectivity index (χ3v) is 8.91. The zero-order valence-corrected chi connectivity index (χ0v) is 24.0. The van der Waals surface area contributed by atoms with Gasteiger partial charge in [0.2, 0.25) is 0 Å². The SMILES string of the molecule is Cc1ccc(-n2c(=S)sc3c(=O)n(-c4ccccc4)c(SCc4cc(=O)n5cc(Cl)ccc5n4)nc32)cc1C. The summed E-state index contributed by atoms with van der Waals surface area (Å²) in [5.74, 6) is 0.327. The number of fused-ring (bicyclic) bond motifs is 2.